The van der Waals surface area contributed by atoms with Crippen LogP contribution in [0.15, 0.2) is 84.9 Å². The third-order valence-corrected chi connectivity index (χ3v) is 7.25. The molecule has 3 aromatic carbocycles. The van der Waals surface area contributed by atoms with E-state index in [-0.39, 0.29) is 18.7 Å². The predicted octanol–water partition coefficient (Wildman–Crippen LogP) is 5.03. The summed E-state index contributed by atoms with van der Waals surface area (Å²) in [5.74, 6) is -1.20. The first-order chi connectivity index (χ1) is 19.0. The molecule has 1 atom stereocenters. The fourth-order valence-electron chi connectivity index (χ4n) is 4.24. The van der Waals surface area contributed by atoms with Gasteiger partial charge >= 0.3 is 6.18 Å². The quantitative estimate of drug-likeness (QED) is 0.360. The molecule has 0 bridgehead atoms. The molecule has 220 valence electrons. The molecule has 0 saturated heterocycles. The highest BCUT2D eigenvalue weighted by molar-refractivity contribution is 7.92. The first-order valence-corrected chi connectivity index (χ1v) is 14.7. The van der Waals surface area contributed by atoms with Crippen LogP contribution in [-0.4, -0.2) is 49.5 Å². The minimum absolute atomic E-state index is 0.0328. The van der Waals surface area contributed by atoms with Crippen LogP contribution in [0.2, 0.25) is 0 Å². The zero-order valence-electron chi connectivity index (χ0n) is 23.4. The summed E-state index contributed by atoms with van der Waals surface area (Å²) in [5, 5.41) is 2.91. The van der Waals surface area contributed by atoms with Crippen LogP contribution in [-0.2, 0) is 38.8 Å². The molecule has 0 aliphatic heterocycles. The average molecular weight is 590 g/mol. The van der Waals surface area contributed by atoms with E-state index >= 15 is 0 Å². The van der Waals surface area contributed by atoms with Crippen LogP contribution in [0.4, 0.5) is 18.9 Å². The van der Waals surface area contributed by atoms with E-state index in [4.69, 9.17) is 0 Å². The van der Waals surface area contributed by atoms with E-state index in [0.717, 1.165) is 24.0 Å². The number of anilines is 1. The van der Waals surface area contributed by atoms with Gasteiger partial charge in [0, 0.05) is 18.5 Å². The van der Waals surface area contributed by atoms with Crippen LogP contribution in [0.1, 0.15) is 37.5 Å². The highest BCUT2D eigenvalue weighted by Gasteiger charge is 2.35. The van der Waals surface area contributed by atoms with Crippen molar-refractivity contribution in [3.63, 3.8) is 0 Å². The average Bonchev–Trinajstić information content (AvgIpc) is 2.88. The molecule has 2 amide bonds. The zero-order chi connectivity index (χ0) is 30.4. The molecule has 0 radical (unpaired) electrons. The van der Waals surface area contributed by atoms with E-state index in [9.17, 15) is 31.2 Å². The number of carbonyl (C=O) groups excluding carboxylic acids is 2. The Morgan fingerprint density at radius 2 is 1.41 bits per heavy atom. The van der Waals surface area contributed by atoms with Crippen molar-refractivity contribution in [2.24, 2.45) is 0 Å². The highest BCUT2D eigenvalue weighted by atomic mass is 32.2. The minimum atomic E-state index is -4.71. The second kappa shape index (κ2) is 12.8. The van der Waals surface area contributed by atoms with Gasteiger partial charge in [0.05, 0.1) is 17.5 Å². The van der Waals surface area contributed by atoms with Gasteiger partial charge in [-0.2, -0.15) is 13.2 Å². The summed E-state index contributed by atoms with van der Waals surface area (Å²) >= 11 is 0. The van der Waals surface area contributed by atoms with Crippen molar-refractivity contribution in [1.29, 1.82) is 0 Å². The van der Waals surface area contributed by atoms with E-state index in [2.05, 4.69) is 5.32 Å². The Bertz CT molecular complexity index is 1440. The van der Waals surface area contributed by atoms with E-state index in [1.54, 1.807) is 63.2 Å². The molecule has 3 rings (SSSR count). The standard InChI is InChI=1S/C30H34F3N3O4S/c1-29(2,3)34-28(38)26(18-22-12-7-5-8-13-22)35(20-23-14-9-6-10-15-23)27(37)21-36(41(4,39)40)25-17-11-16-24(19-25)30(31,32)33/h5-17,19,26H,18,20-21H2,1-4H3,(H,34,38). The van der Waals surface area contributed by atoms with Gasteiger partial charge in [-0.25, -0.2) is 8.42 Å². The summed E-state index contributed by atoms with van der Waals surface area (Å²) < 4.78 is 66.4. The van der Waals surface area contributed by atoms with Gasteiger partial charge in [0.1, 0.15) is 12.6 Å². The lowest BCUT2D eigenvalue weighted by atomic mass is 10.0. The molecule has 7 nitrogen and oxygen atoms in total. The lowest BCUT2D eigenvalue weighted by Gasteiger charge is -2.35. The molecule has 11 heteroatoms. The summed E-state index contributed by atoms with van der Waals surface area (Å²) in [6.45, 7) is 4.56. The van der Waals surface area contributed by atoms with Gasteiger partial charge in [0.25, 0.3) is 0 Å². The summed E-state index contributed by atoms with van der Waals surface area (Å²) in [7, 11) is -4.20. The lowest BCUT2D eigenvalue weighted by molar-refractivity contribution is -0.140. The number of carbonyl (C=O) groups is 2. The van der Waals surface area contributed by atoms with Crippen LogP contribution >= 0.6 is 0 Å². The smallest absolute Gasteiger partial charge is 0.350 e. The summed E-state index contributed by atoms with van der Waals surface area (Å²) in [5.41, 5.74) is -0.542. The van der Waals surface area contributed by atoms with Gasteiger partial charge in [-0.3, -0.25) is 13.9 Å². The monoisotopic (exact) mass is 589 g/mol. The zero-order valence-corrected chi connectivity index (χ0v) is 24.2. The van der Waals surface area contributed by atoms with Gasteiger partial charge in [0.2, 0.25) is 21.8 Å². The molecular formula is C30H34F3N3O4S. The number of nitrogens with zero attached hydrogens (tertiary/aromatic N) is 2. The SMILES string of the molecule is CC(C)(C)NC(=O)C(Cc1ccccc1)N(Cc1ccccc1)C(=O)CN(c1cccc(C(F)(F)F)c1)S(C)(=O)=O. The number of sulfonamides is 1. The maximum atomic E-state index is 14.0. The molecule has 1 unspecified atom stereocenters. The number of halogens is 3. The van der Waals surface area contributed by atoms with Crippen molar-refractivity contribution < 1.29 is 31.2 Å². The minimum Gasteiger partial charge on any atom is -0.350 e. The molecule has 0 heterocycles. The van der Waals surface area contributed by atoms with Gasteiger partial charge < -0.3 is 10.2 Å². The van der Waals surface area contributed by atoms with Crippen LogP contribution in [0.3, 0.4) is 0 Å². The largest absolute Gasteiger partial charge is 0.416 e. The van der Waals surface area contributed by atoms with Crippen LogP contribution in [0.5, 0.6) is 0 Å². The molecule has 0 fully saturated rings. The van der Waals surface area contributed by atoms with Gasteiger partial charge in [-0.05, 0) is 50.1 Å². The van der Waals surface area contributed by atoms with Crippen molar-refractivity contribution in [2.45, 2.75) is 51.5 Å². The Labute approximate surface area is 239 Å². The number of rotatable bonds is 10. The molecule has 3 aromatic rings. The maximum absolute atomic E-state index is 14.0. The van der Waals surface area contributed by atoms with Crippen molar-refractivity contribution in [1.82, 2.24) is 10.2 Å². The molecule has 0 aliphatic rings. The highest BCUT2D eigenvalue weighted by Crippen LogP contribution is 2.32. The first kappa shape index (κ1) is 31.7. The summed E-state index contributed by atoms with van der Waals surface area (Å²) in [6, 6.07) is 20.6. The third kappa shape index (κ3) is 9.34. The Kier molecular flexibility index (Phi) is 9.85. The number of hydrogen-bond acceptors (Lipinski definition) is 4. The van der Waals surface area contributed by atoms with Crippen LogP contribution in [0.25, 0.3) is 0 Å². The second-order valence-corrected chi connectivity index (χ2v) is 12.7. The second-order valence-electron chi connectivity index (χ2n) is 10.8. The third-order valence-electron chi connectivity index (χ3n) is 6.11. The Morgan fingerprint density at radius 3 is 1.93 bits per heavy atom. The van der Waals surface area contributed by atoms with Crippen molar-refractivity contribution in [2.75, 3.05) is 17.1 Å². The normalized spacial score (nSPS) is 12.9. The molecule has 41 heavy (non-hydrogen) atoms. The van der Waals surface area contributed by atoms with E-state index < -0.39 is 51.7 Å². The van der Waals surface area contributed by atoms with Crippen molar-refractivity contribution in [3.05, 3.63) is 102 Å². The van der Waals surface area contributed by atoms with E-state index in [0.29, 0.717) is 15.9 Å². The number of alkyl halides is 3. The fraction of sp³-hybridized carbons (Fsp3) is 0.333. The Morgan fingerprint density at radius 1 is 0.854 bits per heavy atom. The number of amides is 2. The van der Waals surface area contributed by atoms with Crippen LogP contribution < -0.4 is 9.62 Å². The first-order valence-electron chi connectivity index (χ1n) is 12.9. The number of hydrogen-bond donors (Lipinski definition) is 1. The van der Waals surface area contributed by atoms with E-state index in [1.165, 1.54) is 11.0 Å². The molecular weight excluding hydrogens is 555 g/mol. The van der Waals surface area contributed by atoms with E-state index in [1.807, 2.05) is 18.2 Å². The van der Waals surface area contributed by atoms with Gasteiger partial charge in [0.15, 0.2) is 0 Å². The molecule has 0 aliphatic carbocycles. The van der Waals surface area contributed by atoms with Crippen molar-refractivity contribution in [3.8, 4) is 0 Å². The Balaban J connectivity index is 2.08. The van der Waals surface area contributed by atoms with Crippen molar-refractivity contribution >= 4 is 27.5 Å². The molecule has 0 saturated carbocycles. The molecule has 0 spiro atoms. The van der Waals surface area contributed by atoms with Gasteiger partial charge in [-0.1, -0.05) is 66.7 Å². The molecule has 0 aromatic heterocycles. The topological polar surface area (TPSA) is 86.8 Å². The molecule has 1 N–H and O–H groups in total. The Hall–Kier alpha value is -3.86. The van der Waals surface area contributed by atoms with Crippen LogP contribution in [0, 0.1) is 0 Å². The van der Waals surface area contributed by atoms with Gasteiger partial charge in [-0.15, -0.1) is 0 Å². The predicted molar refractivity (Wildman–Crippen MR) is 152 cm³/mol. The number of benzene rings is 3. The summed E-state index contributed by atoms with van der Waals surface area (Å²) in [4.78, 5) is 28.9. The summed E-state index contributed by atoms with van der Waals surface area (Å²) in [6.07, 6.45) is -3.77. The lowest BCUT2D eigenvalue weighted by Crippen LogP contribution is -2.56. The number of nitrogens with one attached hydrogen (secondary N) is 1. The fourth-order valence-corrected chi connectivity index (χ4v) is 5.08. The maximum Gasteiger partial charge on any atom is 0.416 e.